The number of likely N-dealkylation sites (tertiary alicyclic amines) is 1. The molecule has 1 saturated heterocycles. The van der Waals surface area contributed by atoms with E-state index < -0.39 is 10.0 Å². The first-order valence-corrected chi connectivity index (χ1v) is 10.9. The normalized spacial score (nSPS) is 19.6. The van der Waals surface area contributed by atoms with Gasteiger partial charge in [-0.15, -0.1) is 11.3 Å². The van der Waals surface area contributed by atoms with Gasteiger partial charge >= 0.3 is 0 Å². The SMILES string of the molecule is CC(C)c1nc(CN2CCC[C@@H](CNS(=O)(=O)c3cccs3)C2)no1. The van der Waals surface area contributed by atoms with Crippen LogP contribution in [-0.2, 0) is 16.6 Å². The summed E-state index contributed by atoms with van der Waals surface area (Å²) in [6, 6.07) is 3.38. The number of rotatable bonds is 7. The van der Waals surface area contributed by atoms with E-state index in [0.29, 0.717) is 34.9 Å². The lowest BCUT2D eigenvalue weighted by atomic mass is 9.98. The smallest absolute Gasteiger partial charge is 0.250 e. The average molecular weight is 385 g/mol. The Hall–Kier alpha value is -1.29. The minimum atomic E-state index is -3.39. The Kier molecular flexibility index (Phi) is 5.88. The Labute approximate surface area is 152 Å². The van der Waals surface area contributed by atoms with Crippen LogP contribution in [0.3, 0.4) is 0 Å². The molecule has 0 radical (unpaired) electrons. The summed E-state index contributed by atoms with van der Waals surface area (Å²) >= 11 is 1.24. The van der Waals surface area contributed by atoms with Crippen LogP contribution in [0.4, 0.5) is 0 Å². The van der Waals surface area contributed by atoms with Crippen LogP contribution in [0.1, 0.15) is 44.3 Å². The van der Waals surface area contributed by atoms with E-state index in [1.165, 1.54) is 11.3 Å². The largest absolute Gasteiger partial charge is 0.339 e. The summed E-state index contributed by atoms with van der Waals surface area (Å²) in [4.78, 5) is 6.68. The molecule has 1 atom stereocenters. The Morgan fingerprint density at radius 1 is 1.48 bits per heavy atom. The number of sulfonamides is 1. The van der Waals surface area contributed by atoms with E-state index in [-0.39, 0.29) is 5.92 Å². The van der Waals surface area contributed by atoms with Gasteiger partial charge in [-0.25, -0.2) is 13.1 Å². The minimum absolute atomic E-state index is 0.224. The van der Waals surface area contributed by atoms with Crippen molar-refractivity contribution in [3.63, 3.8) is 0 Å². The highest BCUT2D eigenvalue weighted by molar-refractivity contribution is 7.91. The highest BCUT2D eigenvalue weighted by Crippen LogP contribution is 2.20. The standard InChI is InChI=1S/C16H24N4O3S2/c1-12(2)16-18-14(19-23-16)11-20-7-3-5-13(10-20)9-17-25(21,22)15-6-4-8-24-15/h4,6,8,12-13,17H,3,5,7,9-11H2,1-2H3/t13-/m0/s1. The quantitative estimate of drug-likeness (QED) is 0.789. The van der Waals surface area contributed by atoms with Crippen molar-refractivity contribution < 1.29 is 12.9 Å². The van der Waals surface area contributed by atoms with Gasteiger partial charge in [0.25, 0.3) is 0 Å². The van der Waals surface area contributed by atoms with Crippen LogP contribution in [0.15, 0.2) is 26.2 Å². The van der Waals surface area contributed by atoms with E-state index >= 15 is 0 Å². The van der Waals surface area contributed by atoms with E-state index in [0.717, 1.165) is 25.9 Å². The van der Waals surface area contributed by atoms with Crippen LogP contribution in [0, 0.1) is 5.92 Å². The third kappa shape index (κ3) is 4.87. The van der Waals surface area contributed by atoms with Crippen LogP contribution in [0.2, 0.25) is 0 Å². The maximum atomic E-state index is 12.2. The molecule has 0 amide bonds. The molecule has 25 heavy (non-hydrogen) atoms. The van der Waals surface area contributed by atoms with Crippen molar-refractivity contribution in [1.82, 2.24) is 19.8 Å². The van der Waals surface area contributed by atoms with Crippen LogP contribution < -0.4 is 4.72 Å². The van der Waals surface area contributed by atoms with Crippen LogP contribution >= 0.6 is 11.3 Å². The second-order valence-electron chi connectivity index (χ2n) is 6.73. The van der Waals surface area contributed by atoms with Crippen molar-refractivity contribution in [3.8, 4) is 0 Å². The summed E-state index contributed by atoms with van der Waals surface area (Å²) in [6.07, 6.45) is 2.06. The maximum Gasteiger partial charge on any atom is 0.250 e. The van der Waals surface area contributed by atoms with Crippen molar-refractivity contribution in [2.75, 3.05) is 19.6 Å². The Balaban J connectivity index is 1.52. The molecule has 0 unspecified atom stereocenters. The summed E-state index contributed by atoms with van der Waals surface area (Å²) < 4.78 is 32.8. The molecular weight excluding hydrogens is 360 g/mol. The molecular formula is C16H24N4O3S2. The predicted molar refractivity (Wildman–Crippen MR) is 95.9 cm³/mol. The van der Waals surface area contributed by atoms with Crippen molar-refractivity contribution in [2.45, 2.75) is 43.4 Å². The van der Waals surface area contributed by atoms with Gasteiger partial charge in [0, 0.05) is 19.0 Å². The fourth-order valence-electron chi connectivity index (χ4n) is 2.94. The van der Waals surface area contributed by atoms with Gasteiger partial charge in [-0.05, 0) is 36.8 Å². The van der Waals surface area contributed by atoms with Crippen molar-refractivity contribution >= 4 is 21.4 Å². The molecule has 1 fully saturated rings. The lowest BCUT2D eigenvalue weighted by Gasteiger charge is -2.31. The van der Waals surface area contributed by atoms with Gasteiger partial charge < -0.3 is 4.52 Å². The van der Waals surface area contributed by atoms with Crippen molar-refractivity contribution in [2.24, 2.45) is 5.92 Å². The van der Waals surface area contributed by atoms with E-state index in [1.54, 1.807) is 17.5 Å². The third-order valence-electron chi connectivity index (χ3n) is 4.27. The molecule has 9 heteroatoms. The molecule has 1 N–H and O–H groups in total. The number of piperidine rings is 1. The Bertz CT molecular complexity index is 771. The first-order valence-electron chi connectivity index (χ1n) is 8.52. The number of hydrogen-bond donors (Lipinski definition) is 1. The molecule has 1 aliphatic rings. The van der Waals surface area contributed by atoms with Crippen LogP contribution in [0.25, 0.3) is 0 Å². The summed E-state index contributed by atoms with van der Waals surface area (Å²) in [6.45, 7) is 6.95. The van der Waals surface area contributed by atoms with Crippen LogP contribution in [0.5, 0.6) is 0 Å². The molecule has 3 rings (SSSR count). The molecule has 0 saturated carbocycles. The summed E-state index contributed by atoms with van der Waals surface area (Å²) in [7, 11) is -3.39. The molecule has 138 valence electrons. The zero-order chi connectivity index (χ0) is 17.9. The molecule has 7 nitrogen and oxygen atoms in total. The predicted octanol–water partition coefficient (Wildman–Crippen LogP) is 2.45. The number of hydrogen-bond acceptors (Lipinski definition) is 7. The lowest BCUT2D eigenvalue weighted by Crippen LogP contribution is -2.40. The van der Waals surface area contributed by atoms with Gasteiger partial charge in [-0.1, -0.05) is 25.1 Å². The van der Waals surface area contributed by atoms with Gasteiger partial charge in [0.15, 0.2) is 5.82 Å². The van der Waals surface area contributed by atoms with Crippen LogP contribution in [-0.4, -0.2) is 43.1 Å². The zero-order valence-corrected chi connectivity index (χ0v) is 16.1. The fourth-order valence-corrected chi connectivity index (χ4v) is 5.10. The molecule has 0 aromatic carbocycles. The van der Waals surface area contributed by atoms with Gasteiger partial charge in [0.05, 0.1) is 6.54 Å². The first kappa shape index (κ1) is 18.5. The third-order valence-corrected chi connectivity index (χ3v) is 7.09. The Morgan fingerprint density at radius 2 is 2.32 bits per heavy atom. The first-order chi connectivity index (χ1) is 11.9. The second-order valence-corrected chi connectivity index (χ2v) is 9.67. The lowest BCUT2D eigenvalue weighted by molar-refractivity contribution is 0.163. The fraction of sp³-hybridized carbons (Fsp3) is 0.625. The monoisotopic (exact) mass is 384 g/mol. The van der Waals surface area contributed by atoms with Gasteiger partial charge in [-0.2, -0.15) is 4.98 Å². The Morgan fingerprint density at radius 3 is 3.00 bits per heavy atom. The summed E-state index contributed by atoms with van der Waals surface area (Å²) in [5.41, 5.74) is 0. The summed E-state index contributed by atoms with van der Waals surface area (Å²) in [5, 5.41) is 5.81. The molecule has 0 aliphatic carbocycles. The number of nitrogens with one attached hydrogen (secondary N) is 1. The van der Waals surface area contributed by atoms with Crippen molar-refractivity contribution in [3.05, 3.63) is 29.2 Å². The van der Waals surface area contributed by atoms with Gasteiger partial charge in [0.2, 0.25) is 15.9 Å². The van der Waals surface area contributed by atoms with Gasteiger partial charge in [-0.3, -0.25) is 4.90 Å². The molecule has 0 bridgehead atoms. The number of aromatic nitrogens is 2. The van der Waals surface area contributed by atoms with E-state index in [2.05, 4.69) is 19.8 Å². The van der Waals surface area contributed by atoms with E-state index in [4.69, 9.17) is 4.52 Å². The molecule has 0 spiro atoms. The highest BCUT2D eigenvalue weighted by Gasteiger charge is 2.24. The van der Waals surface area contributed by atoms with E-state index in [9.17, 15) is 8.42 Å². The highest BCUT2D eigenvalue weighted by atomic mass is 32.2. The molecule has 1 aliphatic heterocycles. The van der Waals surface area contributed by atoms with E-state index in [1.807, 2.05) is 13.8 Å². The average Bonchev–Trinajstić information content (AvgIpc) is 3.25. The topological polar surface area (TPSA) is 88.3 Å². The molecule has 2 aromatic heterocycles. The number of nitrogens with zero attached hydrogens (tertiary/aromatic N) is 3. The van der Waals surface area contributed by atoms with Gasteiger partial charge in [0.1, 0.15) is 4.21 Å². The molecule has 3 heterocycles. The van der Waals surface area contributed by atoms with Crippen molar-refractivity contribution in [1.29, 1.82) is 0 Å². The maximum absolute atomic E-state index is 12.2. The number of thiophene rings is 1. The molecule has 2 aromatic rings. The second kappa shape index (κ2) is 7.94. The zero-order valence-electron chi connectivity index (χ0n) is 14.5. The summed E-state index contributed by atoms with van der Waals surface area (Å²) in [5.74, 6) is 1.87. The minimum Gasteiger partial charge on any atom is -0.339 e.